The Morgan fingerprint density at radius 2 is 1.77 bits per heavy atom. The van der Waals surface area contributed by atoms with Crippen molar-refractivity contribution in [2.45, 2.75) is 63.2 Å². The number of benzene rings is 1. The van der Waals surface area contributed by atoms with Gasteiger partial charge in [0.2, 0.25) is 5.91 Å². The zero-order valence-electron chi connectivity index (χ0n) is 15.8. The smallest absolute Gasteiger partial charge is 0.245 e. The van der Waals surface area contributed by atoms with Gasteiger partial charge in [-0.05, 0) is 88.0 Å². The highest BCUT2D eigenvalue weighted by molar-refractivity contribution is 5.88. The van der Waals surface area contributed by atoms with Gasteiger partial charge in [-0.1, -0.05) is 0 Å². The second kappa shape index (κ2) is 6.14. The lowest BCUT2D eigenvalue weighted by atomic mass is 9.53. The molecule has 0 radical (unpaired) electrons. The molecule has 4 aliphatic rings. The van der Waals surface area contributed by atoms with Crippen LogP contribution in [0.15, 0.2) is 24.3 Å². The Morgan fingerprint density at radius 1 is 1.15 bits per heavy atom. The first-order chi connectivity index (χ1) is 12.3. The Bertz CT molecular complexity index is 672. The van der Waals surface area contributed by atoms with Crippen LogP contribution in [-0.4, -0.2) is 30.3 Å². The fourth-order valence-electron chi connectivity index (χ4n) is 5.58. The van der Waals surface area contributed by atoms with E-state index in [1.807, 2.05) is 38.1 Å². The molecule has 3 unspecified atom stereocenters. The third kappa shape index (κ3) is 3.17. The molecule has 5 rings (SSSR count). The zero-order valence-corrected chi connectivity index (χ0v) is 15.8. The molecule has 0 spiro atoms. The number of alkyl halides is 1. The van der Waals surface area contributed by atoms with Gasteiger partial charge in [-0.25, -0.2) is 4.39 Å². The molecule has 1 amide bonds. The van der Waals surface area contributed by atoms with Gasteiger partial charge in [0.15, 0.2) is 0 Å². The summed E-state index contributed by atoms with van der Waals surface area (Å²) >= 11 is 0. The number of hydrogen-bond acceptors (Lipinski definition) is 3. The molecule has 4 fully saturated rings. The van der Waals surface area contributed by atoms with Gasteiger partial charge in [-0.15, -0.1) is 0 Å². The van der Waals surface area contributed by atoms with Crippen molar-refractivity contribution >= 4 is 11.6 Å². The molecule has 5 atom stereocenters. The second-order valence-corrected chi connectivity index (χ2v) is 9.10. The standard InChI is InChI=1S/C21H29FN2O2/c1-20(2,24-16-4-6-17(26-3)7-5-16)19(25)23-18-14-8-13-9-15(18)12-21(22,10-13)11-14/h4-7,13-15,18,24H,8-12H2,1-3H3,(H,23,25)/t13?,14-,15+,18?,21?. The largest absolute Gasteiger partial charge is 0.497 e. The molecule has 2 N–H and O–H groups in total. The van der Waals surface area contributed by atoms with Crippen LogP contribution >= 0.6 is 0 Å². The van der Waals surface area contributed by atoms with Gasteiger partial charge in [-0.3, -0.25) is 4.79 Å². The van der Waals surface area contributed by atoms with Crippen LogP contribution in [0, 0.1) is 17.8 Å². The number of rotatable bonds is 5. The summed E-state index contributed by atoms with van der Waals surface area (Å²) in [4.78, 5) is 13.0. The topological polar surface area (TPSA) is 50.4 Å². The lowest BCUT2D eigenvalue weighted by Crippen LogP contribution is -2.63. The molecular formula is C21H29FN2O2. The maximum absolute atomic E-state index is 14.8. The van der Waals surface area contributed by atoms with Crippen molar-refractivity contribution in [1.29, 1.82) is 0 Å². The Labute approximate surface area is 154 Å². The Hall–Kier alpha value is -1.78. The van der Waals surface area contributed by atoms with Crippen LogP contribution in [-0.2, 0) is 4.79 Å². The van der Waals surface area contributed by atoms with Crippen molar-refractivity contribution in [1.82, 2.24) is 5.32 Å². The van der Waals surface area contributed by atoms with Crippen LogP contribution in [0.3, 0.4) is 0 Å². The second-order valence-electron chi connectivity index (χ2n) is 9.10. The van der Waals surface area contributed by atoms with Gasteiger partial charge in [0.25, 0.3) is 0 Å². The van der Waals surface area contributed by atoms with Gasteiger partial charge >= 0.3 is 0 Å². The summed E-state index contributed by atoms with van der Waals surface area (Å²) in [6.07, 6.45) is 4.12. The quantitative estimate of drug-likeness (QED) is 0.837. The fourth-order valence-corrected chi connectivity index (χ4v) is 5.58. The first-order valence-electron chi connectivity index (χ1n) is 9.70. The van der Waals surface area contributed by atoms with Crippen molar-refractivity contribution in [2.75, 3.05) is 12.4 Å². The Kier molecular flexibility index (Phi) is 4.16. The predicted octanol–water partition coefficient (Wildman–Crippen LogP) is 3.92. The number of carbonyl (C=O) groups is 1. The zero-order chi connectivity index (χ0) is 18.5. The lowest BCUT2D eigenvalue weighted by molar-refractivity contribution is -0.133. The third-order valence-electron chi connectivity index (χ3n) is 6.61. The summed E-state index contributed by atoms with van der Waals surface area (Å²) < 4.78 is 20.0. The molecule has 142 valence electrons. The lowest BCUT2D eigenvalue weighted by Gasteiger charge is -2.57. The summed E-state index contributed by atoms with van der Waals surface area (Å²) in [7, 11) is 1.63. The van der Waals surface area contributed by atoms with E-state index in [1.54, 1.807) is 7.11 Å². The first kappa shape index (κ1) is 17.6. The number of carbonyl (C=O) groups excluding carboxylic acids is 1. The van der Waals surface area contributed by atoms with Crippen molar-refractivity contribution in [3.05, 3.63) is 24.3 Å². The minimum atomic E-state index is -0.964. The highest BCUT2D eigenvalue weighted by Crippen LogP contribution is 2.57. The van der Waals surface area contributed by atoms with Crippen LogP contribution in [0.25, 0.3) is 0 Å². The molecule has 1 aromatic carbocycles. The maximum atomic E-state index is 14.8. The molecule has 0 heterocycles. The van der Waals surface area contributed by atoms with E-state index in [-0.39, 0.29) is 11.9 Å². The van der Waals surface area contributed by atoms with Crippen LogP contribution in [0.5, 0.6) is 5.75 Å². The average Bonchev–Trinajstić information content (AvgIpc) is 2.57. The van der Waals surface area contributed by atoms with E-state index in [1.165, 1.54) is 0 Å². The van der Waals surface area contributed by atoms with Gasteiger partial charge in [0.05, 0.1) is 7.11 Å². The van der Waals surface area contributed by atoms with Gasteiger partial charge < -0.3 is 15.4 Å². The molecule has 0 aliphatic heterocycles. The number of hydrogen-bond donors (Lipinski definition) is 2. The first-order valence-corrected chi connectivity index (χ1v) is 9.70. The molecule has 4 bridgehead atoms. The number of anilines is 1. The van der Waals surface area contributed by atoms with E-state index in [0.717, 1.165) is 30.7 Å². The van der Waals surface area contributed by atoms with Crippen LogP contribution in [0.1, 0.15) is 46.0 Å². The Balaban J connectivity index is 1.42. The number of ether oxygens (including phenoxy) is 1. The molecule has 5 heteroatoms. The molecule has 4 saturated carbocycles. The fraction of sp³-hybridized carbons (Fsp3) is 0.667. The van der Waals surface area contributed by atoms with Crippen LogP contribution < -0.4 is 15.4 Å². The average molecular weight is 360 g/mol. The summed E-state index contributed by atoms with van der Waals surface area (Å²) in [5.41, 5.74) is -0.829. The molecule has 4 nitrogen and oxygen atoms in total. The summed E-state index contributed by atoms with van der Waals surface area (Å²) in [6.45, 7) is 3.78. The van der Waals surface area contributed by atoms with Crippen molar-refractivity contribution in [3.8, 4) is 5.75 Å². The monoisotopic (exact) mass is 360 g/mol. The molecule has 0 saturated heterocycles. The molecule has 0 aromatic heterocycles. The van der Waals surface area contributed by atoms with Crippen molar-refractivity contribution in [3.63, 3.8) is 0 Å². The normalized spacial score (nSPS) is 35.2. The number of amides is 1. The molecule has 26 heavy (non-hydrogen) atoms. The number of halogens is 1. The highest BCUT2D eigenvalue weighted by atomic mass is 19.1. The minimum absolute atomic E-state index is 0.0151. The van der Waals surface area contributed by atoms with Crippen molar-refractivity contribution in [2.24, 2.45) is 17.8 Å². The SMILES string of the molecule is COc1ccc(NC(C)(C)C(=O)NC2[C@@H]3CC4C[C@H]2CC(F)(C4)C3)cc1. The maximum Gasteiger partial charge on any atom is 0.245 e. The summed E-state index contributed by atoms with van der Waals surface area (Å²) in [5, 5.41) is 6.58. The highest BCUT2D eigenvalue weighted by Gasteiger charge is 2.56. The van der Waals surface area contributed by atoms with E-state index in [0.29, 0.717) is 30.6 Å². The van der Waals surface area contributed by atoms with Gasteiger partial charge in [-0.2, -0.15) is 0 Å². The molecule has 1 aromatic rings. The predicted molar refractivity (Wildman–Crippen MR) is 100 cm³/mol. The number of methoxy groups -OCH3 is 1. The van der Waals surface area contributed by atoms with E-state index in [2.05, 4.69) is 10.6 Å². The van der Waals surface area contributed by atoms with E-state index < -0.39 is 11.2 Å². The van der Waals surface area contributed by atoms with Gasteiger partial charge in [0.1, 0.15) is 17.0 Å². The van der Waals surface area contributed by atoms with Gasteiger partial charge in [0, 0.05) is 11.7 Å². The van der Waals surface area contributed by atoms with E-state index in [9.17, 15) is 9.18 Å². The van der Waals surface area contributed by atoms with E-state index in [4.69, 9.17) is 4.74 Å². The molecular weight excluding hydrogens is 331 g/mol. The van der Waals surface area contributed by atoms with E-state index >= 15 is 0 Å². The van der Waals surface area contributed by atoms with Crippen LogP contribution in [0.2, 0.25) is 0 Å². The van der Waals surface area contributed by atoms with Crippen LogP contribution in [0.4, 0.5) is 10.1 Å². The molecule has 4 aliphatic carbocycles. The van der Waals surface area contributed by atoms with Crippen molar-refractivity contribution < 1.29 is 13.9 Å². The number of nitrogens with one attached hydrogen (secondary N) is 2. The minimum Gasteiger partial charge on any atom is -0.497 e. The Morgan fingerprint density at radius 3 is 2.31 bits per heavy atom. The third-order valence-corrected chi connectivity index (χ3v) is 6.61. The summed E-state index contributed by atoms with van der Waals surface area (Å²) in [6, 6.07) is 7.68. The summed E-state index contributed by atoms with van der Waals surface area (Å²) in [5.74, 6) is 1.89.